The normalized spacial score (nSPS) is 13.5. The molecule has 1 aliphatic rings. The molecule has 1 atom stereocenters. The summed E-state index contributed by atoms with van der Waals surface area (Å²) in [5.41, 5.74) is 1.89. The lowest BCUT2D eigenvalue weighted by Gasteiger charge is -2.19. The van der Waals surface area contributed by atoms with Crippen molar-refractivity contribution in [2.75, 3.05) is 11.9 Å². The molecular weight excluding hydrogens is 496 g/mol. The van der Waals surface area contributed by atoms with Gasteiger partial charge in [-0.25, -0.2) is 13.1 Å². The fourth-order valence-corrected chi connectivity index (χ4v) is 4.40. The van der Waals surface area contributed by atoms with Crippen LogP contribution in [0.3, 0.4) is 0 Å². The highest BCUT2D eigenvalue weighted by atomic mass is 32.2. The number of rotatable bonds is 8. The van der Waals surface area contributed by atoms with Crippen LogP contribution in [0.25, 0.3) is 6.08 Å². The summed E-state index contributed by atoms with van der Waals surface area (Å²) >= 11 is 0. The van der Waals surface area contributed by atoms with Crippen LogP contribution in [-0.4, -0.2) is 44.5 Å². The molecule has 188 valence electrons. The van der Waals surface area contributed by atoms with E-state index in [-0.39, 0.29) is 33.9 Å². The summed E-state index contributed by atoms with van der Waals surface area (Å²) in [5.74, 6) is -2.28. The van der Waals surface area contributed by atoms with E-state index in [1.165, 1.54) is 31.2 Å². The van der Waals surface area contributed by atoms with Gasteiger partial charge in [0, 0.05) is 33.3 Å². The van der Waals surface area contributed by atoms with Gasteiger partial charge in [0.05, 0.1) is 0 Å². The van der Waals surface area contributed by atoms with Crippen molar-refractivity contribution in [3.05, 3.63) is 106 Å². The largest absolute Gasteiger partial charge is 0.452 e. The number of carbonyl (C=O) groups excluding carboxylic acids is 4. The molecule has 3 aromatic carbocycles. The molecule has 0 aromatic heterocycles. The second-order valence-electron chi connectivity index (χ2n) is 8.17. The Kier molecular flexibility index (Phi) is 7.42. The van der Waals surface area contributed by atoms with E-state index in [0.29, 0.717) is 11.1 Å². The van der Waals surface area contributed by atoms with Gasteiger partial charge in [-0.05, 0) is 36.8 Å². The highest BCUT2D eigenvalue weighted by Crippen LogP contribution is 2.29. The van der Waals surface area contributed by atoms with E-state index in [1.54, 1.807) is 54.6 Å². The SMILES string of the molecule is C[C@H](OC(=O)CNS(=O)(=O)/C=C/c1ccccc1)C(=O)Nc1ccc2c(c1)C(=O)c1ccccc1C2=O. The first-order valence-electron chi connectivity index (χ1n) is 11.2. The molecule has 0 heterocycles. The molecule has 1 aliphatic carbocycles. The highest BCUT2D eigenvalue weighted by Gasteiger charge is 2.29. The molecule has 1 amide bonds. The first-order chi connectivity index (χ1) is 17.6. The average Bonchev–Trinajstić information content (AvgIpc) is 2.90. The Labute approximate surface area is 213 Å². The van der Waals surface area contributed by atoms with Gasteiger partial charge in [-0.3, -0.25) is 19.2 Å². The third kappa shape index (κ3) is 6.05. The van der Waals surface area contributed by atoms with Crippen molar-refractivity contribution in [3.63, 3.8) is 0 Å². The molecule has 0 unspecified atom stereocenters. The predicted molar refractivity (Wildman–Crippen MR) is 136 cm³/mol. The van der Waals surface area contributed by atoms with Crippen LogP contribution >= 0.6 is 0 Å². The lowest BCUT2D eigenvalue weighted by atomic mass is 9.84. The van der Waals surface area contributed by atoms with Gasteiger partial charge in [0.2, 0.25) is 10.0 Å². The summed E-state index contributed by atoms with van der Waals surface area (Å²) in [7, 11) is -3.91. The van der Waals surface area contributed by atoms with Gasteiger partial charge in [0.1, 0.15) is 6.54 Å². The molecule has 0 aliphatic heterocycles. The Balaban J connectivity index is 1.34. The van der Waals surface area contributed by atoms with Crippen LogP contribution in [-0.2, 0) is 24.3 Å². The summed E-state index contributed by atoms with van der Waals surface area (Å²) in [6.07, 6.45) is 0.116. The summed E-state index contributed by atoms with van der Waals surface area (Å²) < 4.78 is 31.3. The number of fused-ring (bicyclic) bond motifs is 2. The molecule has 0 bridgehead atoms. The molecule has 2 N–H and O–H groups in total. The smallest absolute Gasteiger partial charge is 0.321 e. The van der Waals surface area contributed by atoms with Crippen LogP contribution in [0.1, 0.15) is 44.3 Å². The number of hydrogen-bond acceptors (Lipinski definition) is 7. The Morgan fingerprint density at radius 3 is 2.14 bits per heavy atom. The minimum atomic E-state index is -3.91. The Morgan fingerprint density at radius 1 is 0.865 bits per heavy atom. The van der Waals surface area contributed by atoms with Crippen molar-refractivity contribution < 1.29 is 32.3 Å². The zero-order valence-electron chi connectivity index (χ0n) is 19.6. The minimum Gasteiger partial charge on any atom is -0.452 e. The summed E-state index contributed by atoms with van der Waals surface area (Å²) in [6, 6.07) is 19.6. The lowest BCUT2D eigenvalue weighted by molar-refractivity contribution is -0.151. The van der Waals surface area contributed by atoms with Crippen LogP contribution in [0.15, 0.2) is 78.2 Å². The molecule has 0 saturated heterocycles. The van der Waals surface area contributed by atoms with Crippen molar-refractivity contribution in [1.29, 1.82) is 0 Å². The second-order valence-corrected chi connectivity index (χ2v) is 9.82. The molecule has 0 saturated carbocycles. The topological polar surface area (TPSA) is 136 Å². The van der Waals surface area contributed by atoms with Gasteiger partial charge in [0.25, 0.3) is 5.91 Å². The van der Waals surface area contributed by atoms with E-state index in [1.807, 2.05) is 0 Å². The number of anilines is 1. The van der Waals surface area contributed by atoms with E-state index < -0.39 is 34.5 Å². The van der Waals surface area contributed by atoms with E-state index >= 15 is 0 Å². The van der Waals surface area contributed by atoms with Crippen LogP contribution in [0.4, 0.5) is 5.69 Å². The molecule has 10 heteroatoms. The zero-order chi connectivity index (χ0) is 26.6. The van der Waals surface area contributed by atoms with E-state index in [4.69, 9.17) is 4.74 Å². The number of amides is 1. The standard InChI is InChI=1S/C27H22N2O7S/c1-17(36-24(30)16-28-37(34,35)14-13-18-7-3-2-4-8-18)27(33)29-19-11-12-22-23(15-19)26(32)21-10-6-5-9-20(21)25(22)31/h2-15,17,28H,16H2,1H3,(H,29,33)/b14-13+/t17-/m0/s1. The average molecular weight is 519 g/mol. The molecule has 9 nitrogen and oxygen atoms in total. The Bertz CT molecular complexity index is 1530. The van der Waals surface area contributed by atoms with Crippen molar-refractivity contribution in [2.24, 2.45) is 0 Å². The van der Waals surface area contributed by atoms with Gasteiger partial charge >= 0.3 is 5.97 Å². The molecule has 3 aromatic rings. The quantitative estimate of drug-likeness (QED) is 0.342. The van der Waals surface area contributed by atoms with Gasteiger partial charge < -0.3 is 10.1 Å². The number of carbonyl (C=O) groups is 4. The van der Waals surface area contributed by atoms with Crippen molar-refractivity contribution in [1.82, 2.24) is 4.72 Å². The third-order valence-electron chi connectivity index (χ3n) is 5.53. The van der Waals surface area contributed by atoms with Crippen molar-refractivity contribution >= 4 is 45.2 Å². The van der Waals surface area contributed by atoms with Crippen LogP contribution in [0, 0.1) is 0 Å². The highest BCUT2D eigenvalue weighted by molar-refractivity contribution is 7.92. The fraction of sp³-hybridized carbons (Fsp3) is 0.111. The zero-order valence-corrected chi connectivity index (χ0v) is 20.4. The van der Waals surface area contributed by atoms with Crippen LogP contribution < -0.4 is 10.0 Å². The van der Waals surface area contributed by atoms with E-state index in [2.05, 4.69) is 10.0 Å². The van der Waals surface area contributed by atoms with Crippen LogP contribution in [0.2, 0.25) is 0 Å². The predicted octanol–water partition coefficient (Wildman–Crippen LogP) is 2.92. The number of nitrogens with one attached hydrogen (secondary N) is 2. The number of sulfonamides is 1. The summed E-state index contributed by atoms with van der Waals surface area (Å²) in [4.78, 5) is 50.2. The first kappa shape index (κ1) is 25.7. The van der Waals surface area contributed by atoms with Crippen molar-refractivity contribution in [3.8, 4) is 0 Å². The van der Waals surface area contributed by atoms with Gasteiger partial charge in [-0.1, -0.05) is 54.6 Å². The maximum atomic E-state index is 12.9. The summed E-state index contributed by atoms with van der Waals surface area (Å²) in [5, 5.41) is 3.46. The van der Waals surface area contributed by atoms with Crippen molar-refractivity contribution in [2.45, 2.75) is 13.0 Å². The molecule has 0 spiro atoms. The number of benzene rings is 3. The molecule has 4 rings (SSSR count). The monoisotopic (exact) mass is 518 g/mol. The van der Waals surface area contributed by atoms with Gasteiger partial charge in [-0.15, -0.1) is 0 Å². The third-order valence-corrected chi connectivity index (χ3v) is 6.57. The second kappa shape index (κ2) is 10.7. The fourth-order valence-electron chi connectivity index (χ4n) is 3.65. The number of esters is 1. The lowest BCUT2D eigenvalue weighted by Crippen LogP contribution is -2.35. The first-order valence-corrected chi connectivity index (χ1v) is 12.7. The van der Waals surface area contributed by atoms with Gasteiger partial charge in [0.15, 0.2) is 17.7 Å². The molecule has 37 heavy (non-hydrogen) atoms. The maximum Gasteiger partial charge on any atom is 0.321 e. The summed E-state index contributed by atoms with van der Waals surface area (Å²) in [6.45, 7) is 0.647. The number of hydrogen-bond donors (Lipinski definition) is 2. The van der Waals surface area contributed by atoms with E-state index in [0.717, 1.165) is 5.41 Å². The Morgan fingerprint density at radius 2 is 1.46 bits per heavy atom. The molecule has 0 fully saturated rings. The molecule has 0 radical (unpaired) electrons. The van der Waals surface area contributed by atoms with Gasteiger partial charge in [-0.2, -0.15) is 0 Å². The van der Waals surface area contributed by atoms with E-state index in [9.17, 15) is 27.6 Å². The maximum absolute atomic E-state index is 12.9. The van der Waals surface area contributed by atoms with Crippen LogP contribution in [0.5, 0.6) is 0 Å². The molecular formula is C27H22N2O7S. The number of ether oxygens (including phenoxy) is 1. The Hall–Kier alpha value is -4.41. The minimum absolute atomic E-state index is 0.157. The number of ketones is 2.